The molecule has 0 bridgehead atoms. The van der Waals surface area contributed by atoms with E-state index in [0.717, 1.165) is 75.1 Å². The van der Waals surface area contributed by atoms with Crippen molar-refractivity contribution in [3.63, 3.8) is 0 Å². The first-order chi connectivity index (χ1) is 18.9. The van der Waals surface area contributed by atoms with Gasteiger partial charge < -0.3 is 9.64 Å². The highest BCUT2D eigenvalue weighted by molar-refractivity contribution is 6.06. The molecule has 0 saturated carbocycles. The lowest BCUT2D eigenvalue weighted by molar-refractivity contribution is -0.0630. The number of rotatable bonds is 5. The van der Waals surface area contributed by atoms with Gasteiger partial charge in [0.2, 0.25) is 0 Å². The number of hydrogen-bond donors (Lipinski definition) is 0. The number of fused-ring (bicyclic) bond motifs is 2. The van der Waals surface area contributed by atoms with Crippen LogP contribution in [-0.2, 0) is 11.2 Å². The lowest BCUT2D eigenvalue weighted by Gasteiger charge is -2.53. The van der Waals surface area contributed by atoms with E-state index in [1.165, 1.54) is 16.7 Å². The number of carbonyl (C=O) groups is 1. The van der Waals surface area contributed by atoms with Crippen LogP contribution in [0, 0.1) is 6.92 Å². The van der Waals surface area contributed by atoms with Crippen LogP contribution in [0.15, 0.2) is 54.7 Å². The second-order valence-corrected chi connectivity index (χ2v) is 12.0. The minimum Gasteiger partial charge on any atom is -0.376 e. The normalized spacial score (nSPS) is 25.6. The maximum Gasteiger partial charge on any atom is 0.254 e. The molecule has 39 heavy (non-hydrogen) atoms. The number of nitrogens with zero attached hydrogens (tertiary/aromatic N) is 4. The summed E-state index contributed by atoms with van der Waals surface area (Å²) in [6, 6.07) is 17.5. The number of aromatic nitrogens is 1. The van der Waals surface area contributed by atoms with E-state index >= 15 is 0 Å². The molecule has 2 aromatic carbocycles. The number of piperidine rings is 1. The highest BCUT2D eigenvalue weighted by Crippen LogP contribution is 2.41. The smallest absolute Gasteiger partial charge is 0.254 e. The summed E-state index contributed by atoms with van der Waals surface area (Å²) >= 11 is 0. The molecular formula is C33H42N4O2. The number of pyridine rings is 1. The summed E-state index contributed by atoms with van der Waals surface area (Å²) in [5, 5.41) is 0.942. The molecule has 2 aliphatic heterocycles. The summed E-state index contributed by atoms with van der Waals surface area (Å²) in [4.78, 5) is 25.4. The van der Waals surface area contributed by atoms with Crippen LogP contribution in [0.2, 0.25) is 0 Å². The summed E-state index contributed by atoms with van der Waals surface area (Å²) in [5.74, 6) is 0.130. The number of aryl methyl sites for hydroxylation is 1. The molecule has 1 amide bonds. The van der Waals surface area contributed by atoms with Crippen LogP contribution in [0.3, 0.4) is 0 Å². The third-order valence-electron chi connectivity index (χ3n) is 9.57. The van der Waals surface area contributed by atoms with Crippen LogP contribution in [0.5, 0.6) is 0 Å². The van der Waals surface area contributed by atoms with Gasteiger partial charge in [0.25, 0.3) is 5.91 Å². The van der Waals surface area contributed by atoms with Crippen LogP contribution in [0.1, 0.15) is 66.7 Å². The Bertz CT molecular complexity index is 1340. The quantitative estimate of drug-likeness (QED) is 0.455. The van der Waals surface area contributed by atoms with E-state index in [9.17, 15) is 4.79 Å². The molecule has 1 aromatic heterocycles. The number of piperazine rings is 1. The standard InChI is InChI=1S/C33H42N4O2/c1-5-39-30-21-25-20-23(2)11-12-26(25)31(30)37-19-18-36(22-24(37)3)33(4)13-16-35(17-14-33)32(38)28-8-6-10-29-27(28)9-7-15-34-29/h6-12,15,20,24,30-31H,5,13-14,16-19,21-22H2,1-4H3/t24-,30+,31+/m0/s1. The molecule has 2 saturated heterocycles. The topological polar surface area (TPSA) is 48.9 Å². The van der Waals surface area contributed by atoms with Gasteiger partial charge >= 0.3 is 0 Å². The predicted octanol–water partition coefficient (Wildman–Crippen LogP) is 5.25. The Kier molecular flexibility index (Phi) is 7.21. The van der Waals surface area contributed by atoms with Gasteiger partial charge in [-0.05, 0) is 69.9 Å². The zero-order valence-corrected chi connectivity index (χ0v) is 23.9. The van der Waals surface area contributed by atoms with E-state index < -0.39 is 0 Å². The Morgan fingerprint density at radius 1 is 1.08 bits per heavy atom. The lowest BCUT2D eigenvalue weighted by atomic mass is 9.86. The average Bonchev–Trinajstić information content (AvgIpc) is 3.29. The number of carbonyl (C=O) groups excluding carboxylic acids is 1. The zero-order chi connectivity index (χ0) is 27.1. The summed E-state index contributed by atoms with van der Waals surface area (Å²) in [7, 11) is 0. The highest BCUT2D eigenvalue weighted by atomic mass is 16.5. The molecular weight excluding hydrogens is 484 g/mol. The van der Waals surface area contributed by atoms with Crippen molar-refractivity contribution < 1.29 is 9.53 Å². The van der Waals surface area contributed by atoms with Crippen molar-refractivity contribution in [3.05, 3.63) is 77.0 Å². The van der Waals surface area contributed by atoms with Crippen molar-refractivity contribution in [1.29, 1.82) is 0 Å². The predicted molar refractivity (Wildman–Crippen MR) is 156 cm³/mol. The van der Waals surface area contributed by atoms with Crippen molar-refractivity contribution in [3.8, 4) is 0 Å². The number of hydrogen-bond acceptors (Lipinski definition) is 5. The fourth-order valence-corrected chi connectivity index (χ4v) is 7.33. The molecule has 0 N–H and O–H groups in total. The maximum atomic E-state index is 13.5. The second kappa shape index (κ2) is 10.6. The number of benzene rings is 2. The van der Waals surface area contributed by atoms with Gasteiger partial charge in [-0.3, -0.25) is 19.6 Å². The Morgan fingerprint density at radius 2 is 1.90 bits per heavy atom. The lowest BCUT2D eigenvalue weighted by Crippen LogP contribution is -2.62. The van der Waals surface area contributed by atoms with Crippen LogP contribution in [0.4, 0.5) is 0 Å². The first-order valence-corrected chi connectivity index (χ1v) is 14.7. The summed E-state index contributed by atoms with van der Waals surface area (Å²) in [5.41, 5.74) is 6.00. The molecule has 3 aliphatic rings. The third-order valence-corrected chi connectivity index (χ3v) is 9.57. The van der Waals surface area contributed by atoms with Crippen molar-refractivity contribution >= 4 is 16.8 Å². The van der Waals surface area contributed by atoms with Gasteiger partial charge in [0.15, 0.2) is 0 Å². The molecule has 3 atom stereocenters. The van der Waals surface area contributed by atoms with Gasteiger partial charge in [0.1, 0.15) is 0 Å². The first kappa shape index (κ1) is 26.4. The van der Waals surface area contributed by atoms with Gasteiger partial charge in [-0.15, -0.1) is 0 Å². The van der Waals surface area contributed by atoms with E-state index in [4.69, 9.17) is 4.74 Å². The maximum absolute atomic E-state index is 13.5. The van der Waals surface area contributed by atoms with E-state index in [1.54, 1.807) is 6.20 Å². The molecule has 206 valence electrons. The minimum atomic E-state index is 0.113. The summed E-state index contributed by atoms with van der Waals surface area (Å²) in [6.45, 7) is 14.6. The van der Waals surface area contributed by atoms with Crippen LogP contribution in [0.25, 0.3) is 10.9 Å². The van der Waals surface area contributed by atoms with Gasteiger partial charge in [-0.25, -0.2) is 0 Å². The van der Waals surface area contributed by atoms with E-state index in [2.05, 4.69) is 60.7 Å². The molecule has 6 rings (SSSR count). The number of amides is 1. The van der Waals surface area contributed by atoms with Crippen LogP contribution < -0.4 is 0 Å². The van der Waals surface area contributed by atoms with Crippen molar-refractivity contribution in [2.24, 2.45) is 0 Å². The molecule has 3 aromatic rings. The molecule has 2 fully saturated rings. The Labute approximate surface area is 232 Å². The molecule has 0 spiro atoms. The Morgan fingerprint density at radius 3 is 2.67 bits per heavy atom. The van der Waals surface area contributed by atoms with Gasteiger partial charge in [-0.1, -0.05) is 35.9 Å². The molecule has 1 aliphatic carbocycles. The number of likely N-dealkylation sites (tertiary alicyclic amines) is 1. The van der Waals surface area contributed by atoms with Crippen molar-refractivity contribution in [2.45, 2.75) is 70.7 Å². The number of ether oxygens (including phenoxy) is 1. The molecule has 6 heteroatoms. The van der Waals surface area contributed by atoms with E-state index in [0.29, 0.717) is 12.1 Å². The highest BCUT2D eigenvalue weighted by Gasteiger charge is 2.44. The van der Waals surface area contributed by atoms with Crippen LogP contribution in [-0.4, -0.2) is 82.6 Å². The van der Waals surface area contributed by atoms with Crippen molar-refractivity contribution in [2.75, 3.05) is 39.3 Å². The van der Waals surface area contributed by atoms with Gasteiger partial charge in [0.05, 0.1) is 17.7 Å². The first-order valence-electron chi connectivity index (χ1n) is 14.7. The molecule has 0 unspecified atom stereocenters. The fourth-order valence-electron chi connectivity index (χ4n) is 7.33. The van der Waals surface area contributed by atoms with Crippen LogP contribution >= 0.6 is 0 Å². The molecule has 0 radical (unpaired) electrons. The minimum absolute atomic E-state index is 0.113. The molecule has 3 heterocycles. The van der Waals surface area contributed by atoms with Gasteiger partial charge in [0, 0.05) is 74.5 Å². The summed E-state index contributed by atoms with van der Waals surface area (Å²) in [6.07, 6.45) is 5.03. The Balaban J connectivity index is 1.12. The largest absolute Gasteiger partial charge is 0.376 e. The zero-order valence-electron chi connectivity index (χ0n) is 23.9. The van der Waals surface area contributed by atoms with E-state index in [1.807, 2.05) is 35.2 Å². The fraction of sp³-hybridized carbons (Fsp3) is 0.515. The molecule has 6 nitrogen and oxygen atoms in total. The Hall–Kier alpha value is -2.80. The monoisotopic (exact) mass is 526 g/mol. The SMILES string of the molecule is CCO[C@@H]1Cc2cc(C)ccc2[C@H]1N1CCN(C2(C)CCN(C(=O)c3cccc4ncccc34)CC2)C[C@@H]1C. The van der Waals surface area contributed by atoms with Crippen molar-refractivity contribution in [1.82, 2.24) is 19.7 Å². The van der Waals surface area contributed by atoms with Gasteiger partial charge in [-0.2, -0.15) is 0 Å². The summed E-state index contributed by atoms with van der Waals surface area (Å²) < 4.78 is 6.30. The third kappa shape index (κ3) is 4.88. The van der Waals surface area contributed by atoms with E-state index in [-0.39, 0.29) is 17.6 Å². The second-order valence-electron chi connectivity index (χ2n) is 12.0. The average molecular weight is 527 g/mol.